The summed E-state index contributed by atoms with van der Waals surface area (Å²) in [5, 5.41) is 13.7. The topological polar surface area (TPSA) is 57.6 Å². The smallest absolute Gasteiger partial charge is 0.113 e. The van der Waals surface area contributed by atoms with Crippen molar-refractivity contribution in [3.63, 3.8) is 0 Å². The molecule has 5 nitrogen and oxygen atoms in total. The van der Waals surface area contributed by atoms with E-state index in [4.69, 9.17) is 4.74 Å². The molecule has 108 valence electrons. The van der Waals surface area contributed by atoms with Crippen LogP contribution >= 0.6 is 11.3 Å². The fourth-order valence-electron chi connectivity index (χ4n) is 2.32. The first-order chi connectivity index (χ1) is 9.09. The van der Waals surface area contributed by atoms with Crippen molar-refractivity contribution < 1.29 is 9.84 Å². The second-order valence-corrected chi connectivity index (χ2v) is 6.24. The van der Waals surface area contributed by atoms with E-state index in [-0.39, 0.29) is 0 Å². The van der Waals surface area contributed by atoms with Crippen molar-refractivity contribution >= 4 is 11.3 Å². The average Bonchev–Trinajstić information content (AvgIpc) is 2.64. The van der Waals surface area contributed by atoms with Gasteiger partial charge in [0.2, 0.25) is 0 Å². The minimum absolute atomic E-state index is 0.407. The van der Waals surface area contributed by atoms with Crippen LogP contribution in [0, 0.1) is 6.92 Å². The van der Waals surface area contributed by atoms with Crippen molar-refractivity contribution in [1.29, 1.82) is 0 Å². The van der Waals surface area contributed by atoms with Gasteiger partial charge in [0.25, 0.3) is 0 Å². The summed E-state index contributed by atoms with van der Waals surface area (Å²) in [7, 11) is 2.04. The maximum Gasteiger partial charge on any atom is 0.113 e. The minimum Gasteiger partial charge on any atom is -0.385 e. The Hall–Kier alpha value is -0.530. The Labute approximate surface area is 118 Å². The number of nitrogens with zero attached hydrogens (tertiary/aromatic N) is 2. The molecule has 2 N–H and O–H groups in total. The second-order valence-electron chi connectivity index (χ2n) is 5.30. The molecule has 0 spiro atoms. The van der Waals surface area contributed by atoms with E-state index in [1.807, 2.05) is 19.5 Å². The maximum atomic E-state index is 10.5. The van der Waals surface area contributed by atoms with Crippen molar-refractivity contribution in [3.05, 3.63) is 16.1 Å². The lowest BCUT2D eigenvalue weighted by Crippen LogP contribution is -2.50. The number of aromatic nitrogens is 1. The van der Waals surface area contributed by atoms with Crippen LogP contribution in [-0.4, -0.2) is 67.0 Å². The molecule has 1 aliphatic heterocycles. The van der Waals surface area contributed by atoms with E-state index < -0.39 is 5.60 Å². The van der Waals surface area contributed by atoms with Crippen LogP contribution in [0.3, 0.4) is 0 Å². The molecule has 1 atom stereocenters. The molecule has 0 bridgehead atoms. The lowest BCUT2D eigenvalue weighted by atomic mass is 10.1. The predicted molar refractivity (Wildman–Crippen MR) is 76.7 cm³/mol. The summed E-state index contributed by atoms with van der Waals surface area (Å²) in [5.41, 5.74) is 2.23. The third-order valence-electron chi connectivity index (χ3n) is 3.38. The van der Waals surface area contributed by atoms with Gasteiger partial charge in [-0.2, -0.15) is 0 Å². The van der Waals surface area contributed by atoms with E-state index >= 15 is 0 Å². The fraction of sp³-hybridized carbons (Fsp3) is 0.769. The molecule has 0 unspecified atom stereocenters. The number of rotatable bonds is 5. The van der Waals surface area contributed by atoms with Gasteiger partial charge in [0, 0.05) is 31.1 Å². The van der Waals surface area contributed by atoms with E-state index in [9.17, 15) is 5.11 Å². The minimum atomic E-state index is -0.784. The average molecular weight is 285 g/mol. The van der Waals surface area contributed by atoms with E-state index in [1.54, 1.807) is 11.3 Å². The van der Waals surface area contributed by atoms with Crippen LogP contribution in [-0.2, 0) is 11.2 Å². The monoisotopic (exact) mass is 285 g/mol. The molecule has 0 aromatic carbocycles. The van der Waals surface area contributed by atoms with Crippen LogP contribution in [0.15, 0.2) is 5.51 Å². The van der Waals surface area contributed by atoms with Crippen LogP contribution in [0.5, 0.6) is 0 Å². The lowest BCUT2D eigenvalue weighted by Gasteiger charge is -2.30. The van der Waals surface area contributed by atoms with Crippen LogP contribution in [0.4, 0.5) is 0 Å². The number of ether oxygens (including phenoxy) is 1. The number of aliphatic hydroxyl groups is 1. The highest BCUT2D eigenvalue weighted by Gasteiger charge is 2.30. The third-order valence-corrected chi connectivity index (χ3v) is 4.37. The van der Waals surface area contributed by atoms with Crippen LogP contribution in [0.1, 0.15) is 10.6 Å². The quantitative estimate of drug-likeness (QED) is 0.814. The first-order valence-corrected chi connectivity index (χ1v) is 7.55. The molecule has 0 saturated carbocycles. The van der Waals surface area contributed by atoms with Crippen molar-refractivity contribution in [3.8, 4) is 0 Å². The zero-order valence-corrected chi connectivity index (χ0v) is 12.5. The molecule has 19 heavy (non-hydrogen) atoms. The molecule has 0 amide bonds. The molecule has 6 heteroatoms. The number of thiazole rings is 1. The zero-order valence-electron chi connectivity index (χ0n) is 11.7. The number of aryl methyl sites for hydroxylation is 1. The van der Waals surface area contributed by atoms with Crippen molar-refractivity contribution in [1.82, 2.24) is 15.2 Å². The van der Waals surface area contributed by atoms with E-state index in [0.29, 0.717) is 26.3 Å². The van der Waals surface area contributed by atoms with E-state index in [1.165, 1.54) is 4.88 Å². The first-order valence-electron chi connectivity index (χ1n) is 6.67. The van der Waals surface area contributed by atoms with Crippen LogP contribution in [0.25, 0.3) is 0 Å². The Morgan fingerprint density at radius 1 is 1.63 bits per heavy atom. The summed E-state index contributed by atoms with van der Waals surface area (Å²) in [4.78, 5) is 7.75. The molecule has 1 aromatic heterocycles. The van der Waals surface area contributed by atoms with Gasteiger partial charge in [-0.25, -0.2) is 4.98 Å². The van der Waals surface area contributed by atoms with Gasteiger partial charge in [0.05, 0.1) is 24.4 Å². The Balaban J connectivity index is 1.80. The Morgan fingerprint density at radius 2 is 2.47 bits per heavy atom. The second kappa shape index (κ2) is 6.76. The van der Waals surface area contributed by atoms with Crippen LogP contribution in [0.2, 0.25) is 0 Å². The molecular weight excluding hydrogens is 262 g/mol. The van der Waals surface area contributed by atoms with Crippen molar-refractivity contribution in [2.45, 2.75) is 18.9 Å². The van der Waals surface area contributed by atoms with Gasteiger partial charge in [-0.3, -0.25) is 0 Å². The Morgan fingerprint density at radius 3 is 3.21 bits per heavy atom. The summed E-state index contributed by atoms with van der Waals surface area (Å²) < 4.78 is 5.43. The fourth-order valence-corrected chi connectivity index (χ4v) is 3.09. The van der Waals surface area contributed by atoms with Gasteiger partial charge in [0.1, 0.15) is 5.60 Å². The first kappa shape index (κ1) is 14.9. The van der Waals surface area contributed by atoms with Gasteiger partial charge < -0.3 is 20.1 Å². The standard InChI is InChI=1S/C13H23N3O2S/c1-11-12(19-10-15-11)3-5-16(2)8-13(17)7-14-4-6-18-9-13/h10,14,17H,3-9H2,1-2H3/t13-/m1/s1. The third kappa shape index (κ3) is 4.50. The predicted octanol–water partition coefficient (Wildman–Crippen LogP) is 0.277. The SMILES string of the molecule is Cc1ncsc1CCN(C)C[C@]1(O)CNCCOC1. The summed E-state index contributed by atoms with van der Waals surface area (Å²) in [6.07, 6.45) is 0.983. The highest BCUT2D eigenvalue weighted by atomic mass is 32.1. The zero-order chi connectivity index (χ0) is 13.7. The molecule has 1 fully saturated rings. The number of hydrogen-bond donors (Lipinski definition) is 2. The summed E-state index contributed by atoms with van der Waals surface area (Å²) in [5.74, 6) is 0. The number of nitrogens with one attached hydrogen (secondary N) is 1. The van der Waals surface area contributed by atoms with Gasteiger partial charge >= 0.3 is 0 Å². The molecule has 1 aliphatic rings. The molecule has 1 saturated heterocycles. The molecule has 2 heterocycles. The number of likely N-dealkylation sites (N-methyl/N-ethyl adjacent to an activating group) is 1. The van der Waals surface area contributed by atoms with Crippen molar-refractivity contribution in [2.75, 3.05) is 46.4 Å². The highest BCUT2D eigenvalue weighted by Crippen LogP contribution is 2.14. The van der Waals surface area contributed by atoms with Crippen LogP contribution < -0.4 is 5.32 Å². The van der Waals surface area contributed by atoms with Crippen molar-refractivity contribution in [2.24, 2.45) is 0 Å². The van der Waals surface area contributed by atoms with Gasteiger partial charge in [-0.15, -0.1) is 11.3 Å². The van der Waals surface area contributed by atoms with E-state index in [2.05, 4.69) is 15.2 Å². The van der Waals surface area contributed by atoms with E-state index in [0.717, 1.165) is 25.2 Å². The summed E-state index contributed by atoms with van der Waals surface area (Å²) >= 11 is 1.70. The van der Waals surface area contributed by atoms with Gasteiger partial charge in [0.15, 0.2) is 0 Å². The molecule has 0 radical (unpaired) electrons. The molecule has 0 aliphatic carbocycles. The molecule has 1 aromatic rings. The van der Waals surface area contributed by atoms with Gasteiger partial charge in [-0.05, 0) is 20.4 Å². The highest BCUT2D eigenvalue weighted by molar-refractivity contribution is 7.09. The Kier molecular flexibility index (Phi) is 5.29. The number of β-amino-alcohol motifs (C(OH)–C–C–N with tert-alkyl or cyclic N) is 1. The Bertz CT molecular complexity index is 389. The van der Waals surface area contributed by atoms with Gasteiger partial charge in [-0.1, -0.05) is 0 Å². The summed E-state index contributed by atoms with van der Waals surface area (Å²) in [6, 6.07) is 0. The maximum absolute atomic E-state index is 10.5. The largest absolute Gasteiger partial charge is 0.385 e. The lowest BCUT2D eigenvalue weighted by molar-refractivity contribution is -0.0448. The summed E-state index contributed by atoms with van der Waals surface area (Å²) in [6.45, 7) is 6.07. The number of hydrogen-bond acceptors (Lipinski definition) is 6. The molecule has 2 rings (SSSR count). The molecular formula is C13H23N3O2S. The normalized spacial score (nSPS) is 24.6.